The molecule has 2 heterocycles. The Morgan fingerprint density at radius 1 is 1.56 bits per heavy atom. The van der Waals surface area contributed by atoms with Crippen LogP contribution >= 0.6 is 11.3 Å². The van der Waals surface area contributed by atoms with Gasteiger partial charge < -0.3 is 4.90 Å². The van der Waals surface area contributed by atoms with Gasteiger partial charge in [-0.1, -0.05) is 6.92 Å². The van der Waals surface area contributed by atoms with Crippen molar-refractivity contribution in [1.82, 2.24) is 4.90 Å². The quantitative estimate of drug-likeness (QED) is 0.771. The molecule has 1 aliphatic carbocycles. The number of nitrogens with zero attached hydrogens (tertiary/aromatic N) is 1. The lowest BCUT2D eigenvalue weighted by molar-refractivity contribution is -0.135. The molecule has 1 fully saturated rings. The molecule has 16 heavy (non-hydrogen) atoms. The predicted molar refractivity (Wildman–Crippen MR) is 65.5 cm³/mol. The van der Waals surface area contributed by atoms with E-state index in [0.29, 0.717) is 17.9 Å². The monoisotopic (exact) mass is 235 g/mol. The van der Waals surface area contributed by atoms with Crippen molar-refractivity contribution in [2.75, 3.05) is 6.54 Å². The van der Waals surface area contributed by atoms with Crippen LogP contribution in [0.4, 0.5) is 0 Å². The number of fused-ring (bicyclic) bond motifs is 1. The third-order valence-corrected chi connectivity index (χ3v) is 4.69. The van der Waals surface area contributed by atoms with Crippen LogP contribution in [0, 0.1) is 5.92 Å². The van der Waals surface area contributed by atoms with Gasteiger partial charge >= 0.3 is 0 Å². The van der Waals surface area contributed by atoms with Crippen molar-refractivity contribution in [1.29, 1.82) is 0 Å². The Labute approximate surface area is 100 Å². The zero-order chi connectivity index (χ0) is 11.1. The minimum absolute atomic E-state index is 0.350. The van der Waals surface area contributed by atoms with Gasteiger partial charge in [0.1, 0.15) is 0 Å². The maximum absolute atomic E-state index is 12.2. The first-order valence-electron chi connectivity index (χ1n) is 6.18. The SMILES string of the molecule is CCC1c2ccsc2CCN1C(=O)C1CC1. The highest BCUT2D eigenvalue weighted by Gasteiger charge is 2.38. The fourth-order valence-electron chi connectivity index (χ4n) is 2.67. The van der Waals surface area contributed by atoms with E-state index in [-0.39, 0.29) is 0 Å². The molecule has 0 aromatic carbocycles. The molecule has 0 N–H and O–H groups in total. The fraction of sp³-hybridized carbons (Fsp3) is 0.615. The molecule has 0 bridgehead atoms. The summed E-state index contributed by atoms with van der Waals surface area (Å²) in [5.41, 5.74) is 1.41. The van der Waals surface area contributed by atoms with E-state index in [1.807, 2.05) is 11.3 Å². The van der Waals surface area contributed by atoms with E-state index in [1.165, 1.54) is 10.4 Å². The third-order valence-electron chi connectivity index (χ3n) is 3.69. The molecule has 1 aliphatic heterocycles. The summed E-state index contributed by atoms with van der Waals surface area (Å²) in [6.07, 6.45) is 4.33. The highest BCUT2D eigenvalue weighted by molar-refractivity contribution is 7.10. The number of thiophene rings is 1. The average Bonchev–Trinajstić information content (AvgIpc) is 3.05. The third kappa shape index (κ3) is 1.58. The fourth-order valence-corrected chi connectivity index (χ4v) is 3.59. The second-order valence-electron chi connectivity index (χ2n) is 4.78. The molecule has 1 amide bonds. The van der Waals surface area contributed by atoms with Crippen LogP contribution in [0.5, 0.6) is 0 Å². The first kappa shape index (κ1) is 10.3. The highest BCUT2D eigenvalue weighted by Crippen LogP contribution is 2.39. The Bertz CT molecular complexity index is 408. The van der Waals surface area contributed by atoms with Gasteiger partial charge in [-0.05, 0) is 42.7 Å². The van der Waals surface area contributed by atoms with Crippen LogP contribution in [-0.4, -0.2) is 17.4 Å². The number of carbonyl (C=O) groups is 1. The number of rotatable bonds is 2. The highest BCUT2D eigenvalue weighted by atomic mass is 32.1. The minimum Gasteiger partial charge on any atom is -0.335 e. The molecule has 0 radical (unpaired) electrons. The molecule has 86 valence electrons. The Morgan fingerprint density at radius 2 is 2.38 bits per heavy atom. The van der Waals surface area contributed by atoms with Crippen molar-refractivity contribution in [3.63, 3.8) is 0 Å². The van der Waals surface area contributed by atoms with Gasteiger partial charge in [-0.15, -0.1) is 11.3 Å². The molecule has 1 atom stereocenters. The van der Waals surface area contributed by atoms with E-state index in [0.717, 1.165) is 32.2 Å². The smallest absolute Gasteiger partial charge is 0.226 e. The topological polar surface area (TPSA) is 20.3 Å². The maximum atomic E-state index is 12.2. The van der Waals surface area contributed by atoms with Crippen LogP contribution in [0.2, 0.25) is 0 Å². The van der Waals surface area contributed by atoms with Gasteiger partial charge in [0.15, 0.2) is 0 Å². The molecule has 0 saturated heterocycles. The van der Waals surface area contributed by atoms with E-state index in [1.54, 1.807) is 0 Å². The standard InChI is InChI=1S/C13H17NOS/c1-2-11-10-6-8-16-12(10)5-7-14(11)13(15)9-3-4-9/h6,8-9,11H,2-5,7H2,1H3. The number of hydrogen-bond donors (Lipinski definition) is 0. The molecule has 2 aliphatic rings. The van der Waals surface area contributed by atoms with Crippen LogP contribution in [0.25, 0.3) is 0 Å². The molecule has 3 rings (SSSR count). The Morgan fingerprint density at radius 3 is 3.06 bits per heavy atom. The molecule has 1 unspecified atom stereocenters. The summed E-state index contributed by atoms with van der Waals surface area (Å²) in [6.45, 7) is 3.12. The van der Waals surface area contributed by atoms with Crippen molar-refractivity contribution in [3.05, 3.63) is 21.9 Å². The predicted octanol–water partition coefficient (Wildman–Crippen LogP) is 2.99. The summed E-state index contributed by atoms with van der Waals surface area (Å²) in [5, 5.41) is 2.17. The first-order chi connectivity index (χ1) is 7.81. The van der Waals surface area contributed by atoms with Gasteiger partial charge in [0, 0.05) is 17.3 Å². The Hall–Kier alpha value is -0.830. The van der Waals surface area contributed by atoms with Gasteiger partial charge in [-0.25, -0.2) is 0 Å². The van der Waals surface area contributed by atoms with Crippen molar-refractivity contribution in [3.8, 4) is 0 Å². The van der Waals surface area contributed by atoms with Crippen molar-refractivity contribution in [2.45, 2.75) is 38.6 Å². The minimum atomic E-state index is 0.350. The van der Waals surface area contributed by atoms with Crippen LogP contribution in [0.15, 0.2) is 11.4 Å². The Kier molecular flexibility index (Phi) is 2.51. The van der Waals surface area contributed by atoms with Gasteiger partial charge in [-0.2, -0.15) is 0 Å². The number of hydrogen-bond acceptors (Lipinski definition) is 2. The van der Waals surface area contributed by atoms with Crippen LogP contribution in [0.1, 0.15) is 42.7 Å². The summed E-state index contributed by atoms with van der Waals surface area (Å²) in [5.74, 6) is 0.762. The molecular weight excluding hydrogens is 218 g/mol. The molecular formula is C13H17NOS. The summed E-state index contributed by atoms with van der Waals surface area (Å²) in [6, 6.07) is 2.56. The molecule has 1 aromatic rings. The van der Waals surface area contributed by atoms with Gasteiger partial charge in [-0.3, -0.25) is 4.79 Å². The zero-order valence-electron chi connectivity index (χ0n) is 9.61. The maximum Gasteiger partial charge on any atom is 0.226 e. The van der Waals surface area contributed by atoms with Crippen molar-refractivity contribution in [2.24, 2.45) is 5.92 Å². The van der Waals surface area contributed by atoms with E-state index in [9.17, 15) is 4.79 Å². The molecule has 0 spiro atoms. The first-order valence-corrected chi connectivity index (χ1v) is 7.06. The Balaban J connectivity index is 1.88. The largest absolute Gasteiger partial charge is 0.335 e. The van der Waals surface area contributed by atoms with Crippen LogP contribution in [-0.2, 0) is 11.2 Å². The van der Waals surface area contributed by atoms with E-state index in [2.05, 4.69) is 23.3 Å². The van der Waals surface area contributed by atoms with Crippen molar-refractivity contribution < 1.29 is 4.79 Å². The van der Waals surface area contributed by atoms with E-state index >= 15 is 0 Å². The van der Waals surface area contributed by atoms with Gasteiger partial charge in [0.05, 0.1) is 6.04 Å². The number of carbonyl (C=O) groups excluding carboxylic acids is 1. The second kappa shape index (κ2) is 3.88. The lowest BCUT2D eigenvalue weighted by atomic mass is 9.97. The summed E-state index contributed by atoms with van der Waals surface area (Å²) < 4.78 is 0. The van der Waals surface area contributed by atoms with E-state index < -0.39 is 0 Å². The molecule has 1 saturated carbocycles. The lowest BCUT2D eigenvalue weighted by Gasteiger charge is -2.35. The van der Waals surface area contributed by atoms with E-state index in [4.69, 9.17) is 0 Å². The average molecular weight is 235 g/mol. The van der Waals surface area contributed by atoms with Crippen LogP contribution < -0.4 is 0 Å². The zero-order valence-corrected chi connectivity index (χ0v) is 10.4. The normalized spacial score (nSPS) is 24.3. The van der Waals surface area contributed by atoms with Crippen LogP contribution in [0.3, 0.4) is 0 Å². The summed E-state index contributed by atoms with van der Waals surface area (Å²) in [4.78, 5) is 15.8. The molecule has 2 nitrogen and oxygen atoms in total. The second-order valence-corrected chi connectivity index (χ2v) is 5.78. The summed E-state index contributed by atoms with van der Waals surface area (Å²) >= 11 is 1.84. The molecule has 3 heteroatoms. The summed E-state index contributed by atoms with van der Waals surface area (Å²) in [7, 11) is 0. The lowest BCUT2D eigenvalue weighted by Crippen LogP contribution is -2.40. The van der Waals surface area contributed by atoms with Crippen molar-refractivity contribution >= 4 is 17.2 Å². The molecule has 1 aromatic heterocycles. The number of amides is 1. The van der Waals surface area contributed by atoms with Gasteiger partial charge in [0.25, 0.3) is 0 Å². The van der Waals surface area contributed by atoms with Gasteiger partial charge in [0.2, 0.25) is 5.91 Å².